The van der Waals surface area contributed by atoms with Gasteiger partial charge < -0.3 is 19.2 Å². The van der Waals surface area contributed by atoms with Gasteiger partial charge in [-0.25, -0.2) is 4.98 Å². The van der Waals surface area contributed by atoms with Crippen molar-refractivity contribution in [2.75, 3.05) is 18.1 Å². The maximum Gasteiger partial charge on any atom is 0.273 e. The molecular weight excluding hydrogens is 450 g/mol. The number of hydrogen-bond acceptors (Lipinski definition) is 7. The van der Waals surface area contributed by atoms with Crippen LogP contribution in [0.15, 0.2) is 47.1 Å². The first-order valence-electron chi connectivity index (χ1n) is 11.3. The molecule has 0 radical (unpaired) electrons. The predicted octanol–water partition coefficient (Wildman–Crippen LogP) is 3.62. The van der Waals surface area contributed by atoms with Crippen LogP contribution >= 0.6 is 0 Å². The zero-order valence-corrected chi connectivity index (χ0v) is 20.1. The van der Waals surface area contributed by atoms with Crippen molar-refractivity contribution in [2.45, 2.75) is 40.3 Å². The number of nitrogens with one attached hydrogen (secondary N) is 1. The first kappa shape index (κ1) is 24.0. The molecule has 0 fully saturated rings. The number of oxazole rings is 1. The molecule has 0 saturated heterocycles. The van der Waals surface area contributed by atoms with Crippen molar-refractivity contribution in [3.05, 3.63) is 70.9 Å². The molecule has 35 heavy (non-hydrogen) atoms. The lowest BCUT2D eigenvalue weighted by atomic mass is 10.1. The molecule has 2 aromatic carbocycles. The molecule has 1 aliphatic rings. The summed E-state index contributed by atoms with van der Waals surface area (Å²) in [5.74, 6) is 0.379. The molecular formula is C26H27N3O6. The topological polar surface area (TPSA) is 111 Å². The molecule has 0 atom stereocenters. The van der Waals surface area contributed by atoms with Crippen LogP contribution in [0.3, 0.4) is 0 Å². The van der Waals surface area contributed by atoms with E-state index < -0.39 is 0 Å². The van der Waals surface area contributed by atoms with Gasteiger partial charge in [0.1, 0.15) is 24.3 Å². The summed E-state index contributed by atoms with van der Waals surface area (Å²) in [5.41, 5.74) is 2.90. The maximum absolute atomic E-state index is 12.9. The Bertz CT molecular complexity index is 1280. The Kier molecular flexibility index (Phi) is 6.86. The second-order valence-corrected chi connectivity index (χ2v) is 8.69. The van der Waals surface area contributed by atoms with Gasteiger partial charge in [0.2, 0.25) is 5.89 Å². The molecule has 4 rings (SSSR count). The summed E-state index contributed by atoms with van der Waals surface area (Å²) in [7, 11) is 0. The van der Waals surface area contributed by atoms with Crippen molar-refractivity contribution >= 4 is 23.3 Å². The van der Waals surface area contributed by atoms with Crippen LogP contribution in [-0.2, 0) is 11.3 Å². The second-order valence-electron chi connectivity index (χ2n) is 8.69. The molecule has 9 heteroatoms. The summed E-state index contributed by atoms with van der Waals surface area (Å²) in [4.78, 5) is 43.3. The molecule has 182 valence electrons. The molecule has 2 heterocycles. The van der Waals surface area contributed by atoms with E-state index in [2.05, 4.69) is 10.3 Å². The molecule has 0 unspecified atom stereocenters. The van der Waals surface area contributed by atoms with Crippen LogP contribution in [0.2, 0.25) is 0 Å². The first-order chi connectivity index (χ1) is 16.7. The van der Waals surface area contributed by atoms with Crippen molar-refractivity contribution in [1.82, 2.24) is 10.3 Å². The number of aryl methyl sites for hydroxylation is 2. The lowest BCUT2D eigenvalue weighted by Crippen LogP contribution is -2.38. The van der Waals surface area contributed by atoms with E-state index in [1.165, 1.54) is 11.2 Å². The van der Waals surface area contributed by atoms with Crippen molar-refractivity contribution in [1.29, 1.82) is 0 Å². The lowest BCUT2D eigenvalue weighted by molar-refractivity contribution is -0.121. The number of carbonyl (C=O) groups is 3. The highest BCUT2D eigenvalue weighted by atomic mass is 16.5. The highest BCUT2D eigenvalue weighted by Gasteiger charge is 2.28. The number of carbonyl (C=O) groups excluding carboxylic acids is 3. The number of hydrogen-bond donors (Lipinski definition) is 1. The van der Waals surface area contributed by atoms with E-state index in [0.29, 0.717) is 22.7 Å². The monoisotopic (exact) mass is 477 g/mol. The molecule has 0 spiro atoms. The third kappa shape index (κ3) is 5.51. The number of fused-ring (bicyclic) bond motifs is 1. The van der Waals surface area contributed by atoms with Crippen molar-refractivity contribution < 1.29 is 28.3 Å². The number of anilines is 1. The SMILES string of the molecule is Cc1ccc(C)c(OCC(=O)c2ccc3c(c2)N(Cc2nc(C(=O)NC(C)C)co2)C(=O)CO3)c1. The Labute approximate surface area is 203 Å². The highest BCUT2D eigenvalue weighted by molar-refractivity contribution is 6.02. The number of benzene rings is 2. The number of ketones is 1. The molecule has 9 nitrogen and oxygen atoms in total. The van der Waals surface area contributed by atoms with Crippen LogP contribution in [0.5, 0.6) is 11.5 Å². The Morgan fingerprint density at radius 3 is 2.74 bits per heavy atom. The largest absolute Gasteiger partial charge is 0.485 e. The zero-order valence-electron chi connectivity index (χ0n) is 20.1. The Hall–Kier alpha value is -4.14. The fourth-order valence-electron chi connectivity index (χ4n) is 3.60. The van der Waals surface area contributed by atoms with E-state index in [1.54, 1.807) is 18.2 Å². The normalized spacial score (nSPS) is 12.8. The number of Topliss-reactive ketones (excluding diaryl/α,β-unsaturated/α-hetero) is 1. The number of nitrogens with zero attached hydrogens (tertiary/aromatic N) is 2. The van der Waals surface area contributed by atoms with Crippen LogP contribution in [0.25, 0.3) is 0 Å². The third-order valence-corrected chi connectivity index (χ3v) is 5.42. The number of rotatable bonds is 8. The van der Waals surface area contributed by atoms with Gasteiger partial charge in [-0.15, -0.1) is 0 Å². The fraction of sp³-hybridized carbons (Fsp3) is 0.308. The lowest BCUT2D eigenvalue weighted by Gasteiger charge is -2.28. The van der Waals surface area contributed by atoms with Gasteiger partial charge >= 0.3 is 0 Å². The van der Waals surface area contributed by atoms with Gasteiger partial charge in [-0.2, -0.15) is 0 Å². The Morgan fingerprint density at radius 1 is 1.17 bits per heavy atom. The van der Waals surface area contributed by atoms with Gasteiger partial charge in [-0.1, -0.05) is 12.1 Å². The smallest absolute Gasteiger partial charge is 0.273 e. The number of aromatic nitrogens is 1. The molecule has 3 aromatic rings. The maximum atomic E-state index is 12.9. The first-order valence-corrected chi connectivity index (χ1v) is 11.3. The molecule has 0 bridgehead atoms. The Morgan fingerprint density at radius 2 is 1.97 bits per heavy atom. The van der Waals surface area contributed by atoms with Gasteiger partial charge in [0.05, 0.1) is 5.69 Å². The van der Waals surface area contributed by atoms with E-state index in [-0.39, 0.29) is 55.0 Å². The average Bonchev–Trinajstić information content (AvgIpc) is 3.29. The Balaban J connectivity index is 1.51. The fourth-order valence-corrected chi connectivity index (χ4v) is 3.60. The number of ether oxygens (including phenoxy) is 2. The molecule has 0 aliphatic carbocycles. The van der Waals surface area contributed by atoms with Gasteiger partial charge in [0.15, 0.2) is 24.7 Å². The predicted molar refractivity (Wildman–Crippen MR) is 128 cm³/mol. The van der Waals surface area contributed by atoms with Crippen LogP contribution in [0.4, 0.5) is 5.69 Å². The standard InChI is InChI=1S/C26H27N3O6/c1-15(2)27-26(32)19-12-35-24(28-19)11-29-20-10-18(7-8-22(20)34-14-25(29)31)21(30)13-33-23-9-16(3)5-6-17(23)4/h5-10,12,15H,11,13-14H2,1-4H3,(H,27,32). The summed E-state index contributed by atoms with van der Waals surface area (Å²) >= 11 is 0. The quantitative estimate of drug-likeness (QED) is 0.493. The summed E-state index contributed by atoms with van der Waals surface area (Å²) < 4.78 is 16.7. The minimum absolute atomic E-state index is 0.0131. The van der Waals surface area contributed by atoms with Crippen LogP contribution in [0.1, 0.15) is 51.7 Å². The van der Waals surface area contributed by atoms with Crippen molar-refractivity contribution in [2.24, 2.45) is 0 Å². The second kappa shape index (κ2) is 10.0. The van der Waals surface area contributed by atoms with Crippen molar-refractivity contribution in [3.8, 4) is 11.5 Å². The average molecular weight is 478 g/mol. The van der Waals surface area contributed by atoms with E-state index in [1.807, 2.05) is 45.9 Å². The highest BCUT2D eigenvalue weighted by Crippen LogP contribution is 2.34. The van der Waals surface area contributed by atoms with Crippen LogP contribution < -0.4 is 19.7 Å². The molecule has 1 aromatic heterocycles. The molecule has 2 amide bonds. The number of amides is 2. The summed E-state index contributed by atoms with van der Waals surface area (Å²) in [5, 5.41) is 2.74. The summed E-state index contributed by atoms with van der Waals surface area (Å²) in [6.45, 7) is 7.24. The molecule has 0 saturated carbocycles. The summed E-state index contributed by atoms with van der Waals surface area (Å²) in [6.07, 6.45) is 1.25. The zero-order chi connectivity index (χ0) is 25.1. The van der Waals surface area contributed by atoms with Crippen molar-refractivity contribution in [3.63, 3.8) is 0 Å². The molecule has 1 aliphatic heterocycles. The van der Waals surface area contributed by atoms with Crippen LogP contribution in [0, 0.1) is 13.8 Å². The van der Waals surface area contributed by atoms with E-state index in [4.69, 9.17) is 13.9 Å². The third-order valence-electron chi connectivity index (χ3n) is 5.42. The molecule has 1 N–H and O–H groups in total. The van der Waals surface area contributed by atoms with Gasteiger partial charge in [0.25, 0.3) is 11.8 Å². The van der Waals surface area contributed by atoms with Gasteiger partial charge in [-0.05, 0) is 63.1 Å². The van der Waals surface area contributed by atoms with E-state index in [9.17, 15) is 14.4 Å². The summed E-state index contributed by atoms with van der Waals surface area (Å²) in [6, 6.07) is 10.6. The van der Waals surface area contributed by atoms with Gasteiger partial charge in [-0.3, -0.25) is 19.3 Å². The van der Waals surface area contributed by atoms with E-state index in [0.717, 1.165) is 11.1 Å². The minimum Gasteiger partial charge on any atom is -0.485 e. The minimum atomic E-state index is -0.361. The van der Waals surface area contributed by atoms with Crippen LogP contribution in [-0.4, -0.2) is 41.8 Å². The van der Waals surface area contributed by atoms with E-state index >= 15 is 0 Å². The van der Waals surface area contributed by atoms with Gasteiger partial charge in [0, 0.05) is 11.6 Å².